The van der Waals surface area contributed by atoms with Crippen molar-refractivity contribution in [2.75, 3.05) is 13.7 Å². The second kappa shape index (κ2) is 7.46. The van der Waals surface area contributed by atoms with Gasteiger partial charge in [-0.3, -0.25) is 0 Å². The van der Waals surface area contributed by atoms with Gasteiger partial charge in [-0.15, -0.1) is 0 Å². The predicted octanol–water partition coefficient (Wildman–Crippen LogP) is 4.35. The van der Waals surface area contributed by atoms with E-state index in [1.807, 2.05) is 0 Å². The Bertz CT molecular complexity index is 522. The van der Waals surface area contributed by atoms with Crippen LogP contribution in [0.25, 0.3) is 0 Å². The third-order valence-electron chi connectivity index (χ3n) is 3.45. The molecule has 0 bridgehead atoms. The summed E-state index contributed by atoms with van der Waals surface area (Å²) in [4.78, 5) is 0. The molecule has 2 rings (SSSR count). The summed E-state index contributed by atoms with van der Waals surface area (Å²) in [7, 11) is 1.74. The Balaban J connectivity index is 2.21. The number of rotatable bonds is 7. The quantitative estimate of drug-likeness (QED) is 0.818. The van der Waals surface area contributed by atoms with E-state index in [0.29, 0.717) is 6.04 Å². The largest absolute Gasteiger partial charge is 0.496 e. The second-order valence-electron chi connectivity index (χ2n) is 5.08. The van der Waals surface area contributed by atoms with E-state index in [0.717, 1.165) is 25.1 Å². The van der Waals surface area contributed by atoms with Gasteiger partial charge in [-0.1, -0.05) is 24.6 Å². The molecule has 0 aliphatic carbocycles. The van der Waals surface area contributed by atoms with Crippen LogP contribution in [0.4, 0.5) is 0 Å². The maximum atomic E-state index is 5.50. The third kappa shape index (κ3) is 3.84. The minimum Gasteiger partial charge on any atom is -0.496 e. The SMILES string of the molecule is CCCNC(Cc1cc(C)ccc1OC)c1ccsc1. The number of nitrogens with one attached hydrogen (secondary N) is 1. The normalized spacial score (nSPS) is 12.3. The average Bonchev–Trinajstić information content (AvgIpc) is 2.97. The molecule has 0 saturated heterocycles. The van der Waals surface area contributed by atoms with Crippen LogP contribution in [0.2, 0.25) is 0 Å². The fourth-order valence-electron chi connectivity index (χ4n) is 2.39. The van der Waals surface area contributed by atoms with Crippen LogP contribution in [-0.2, 0) is 6.42 Å². The Morgan fingerprint density at radius 3 is 2.80 bits per heavy atom. The van der Waals surface area contributed by atoms with Crippen molar-refractivity contribution in [2.24, 2.45) is 0 Å². The molecule has 0 aliphatic heterocycles. The molecule has 1 aromatic carbocycles. The lowest BCUT2D eigenvalue weighted by atomic mass is 9.99. The highest BCUT2D eigenvalue weighted by molar-refractivity contribution is 7.07. The van der Waals surface area contributed by atoms with Crippen molar-refractivity contribution in [3.8, 4) is 5.75 Å². The van der Waals surface area contributed by atoms with Gasteiger partial charge in [0.05, 0.1) is 7.11 Å². The molecular weight excluding hydrogens is 266 g/mol. The first-order valence-electron chi connectivity index (χ1n) is 7.13. The summed E-state index contributed by atoms with van der Waals surface area (Å²) in [6, 6.07) is 8.96. The number of hydrogen-bond acceptors (Lipinski definition) is 3. The number of thiophene rings is 1. The summed E-state index contributed by atoms with van der Waals surface area (Å²) in [6.07, 6.45) is 2.10. The maximum Gasteiger partial charge on any atom is 0.122 e. The fourth-order valence-corrected chi connectivity index (χ4v) is 3.10. The summed E-state index contributed by atoms with van der Waals surface area (Å²) in [6.45, 7) is 5.36. The lowest BCUT2D eigenvalue weighted by Crippen LogP contribution is -2.23. The number of hydrogen-bond donors (Lipinski definition) is 1. The molecule has 1 unspecified atom stereocenters. The van der Waals surface area contributed by atoms with Gasteiger partial charge >= 0.3 is 0 Å². The standard InChI is InChI=1S/C17H23NOS/c1-4-8-18-16(14-7-9-20-12-14)11-15-10-13(2)5-6-17(15)19-3/h5-7,9-10,12,16,18H,4,8,11H2,1-3H3. The maximum absolute atomic E-state index is 5.50. The van der Waals surface area contributed by atoms with Crippen LogP contribution in [-0.4, -0.2) is 13.7 Å². The molecule has 0 saturated carbocycles. The van der Waals surface area contributed by atoms with Crippen LogP contribution in [0, 0.1) is 6.92 Å². The monoisotopic (exact) mass is 289 g/mol. The van der Waals surface area contributed by atoms with Crippen molar-refractivity contribution >= 4 is 11.3 Å². The highest BCUT2D eigenvalue weighted by atomic mass is 32.1. The van der Waals surface area contributed by atoms with E-state index in [1.165, 1.54) is 16.7 Å². The van der Waals surface area contributed by atoms with E-state index < -0.39 is 0 Å². The van der Waals surface area contributed by atoms with Crippen molar-refractivity contribution in [1.29, 1.82) is 0 Å². The molecule has 0 aliphatic rings. The zero-order chi connectivity index (χ0) is 14.4. The van der Waals surface area contributed by atoms with Crippen molar-refractivity contribution in [3.63, 3.8) is 0 Å². The van der Waals surface area contributed by atoms with Crippen molar-refractivity contribution in [3.05, 3.63) is 51.7 Å². The summed E-state index contributed by atoms with van der Waals surface area (Å²) >= 11 is 1.75. The number of ether oxygens (including phenoxy) is 1. The zero-order valence-electron chi connectivity index (χ0n) is 12.5. The third-order valence-corrected chi connectivity index (χ3v) is 4.15. The van der Waals surface area contributed by atoms with Crippen LogP contribution in [0.15, 0.2) is 35.0 Å². The smallest absolute Gasteiger partial charge is 0.122 e. The van der Waals surface area contributed by atoms with Gasteiger partial charge in [-0.25, -0.2) is 0 Å². The van der Waals surface area contributed by atoms with Crippen LogP contribution in [0.5, 0.6) is 5.75 Å². The summed E-state index contributed by atoms with van der Waals surface area (Å²) in [5, 5.41) is 8.02. The lowest BCUT2D eigenvalue weighted by molar-refractivity contribution is 0.405. The minimum absolute atomic E-state index is 0.358. The molecule has 1 atom stereocenters. The molecule has 0 spiro atoms. The molecule has 20 heavy (non-hydrogen) atoms. The molecule has 1 N–H and O–H groups in total. The van der Waals surface area contributed by atoms with Crippen LogP contribution in [0.3, 0.4) is 0 Å². The van der Waals surface area contributed by atoms with E-state index in [-0.39, 0.29) is 0 Å². The van der Waals surface area contributed by atoms with Crippen molar-refractivity contribution < 1.29 is 4.74 Å². The van der Waals surface area contributed by atoms with Crippen LogP contribution < -0.4 is 10.1 Å². The first kappa shape index (κ1) is 15.1. The van der Waals surface area contributed by atoms with E-state index in [9.17, 15) is 0 Å². The van der Waals surface area contributed by atoms with Gasteiger partial charge in [0.15, 0.2) is 0 Å². The highest BCUT2D eigenvalue weighted by Gasteiger charge is 2.14. The Hall–Kier alpha value is -1.32. The molecule has 2 aromatic rings. The Morgan fingerprint density at radius 2 is 2.15 bits per heavy atom. The Kier molecular flexibility index (Phi) is 5.62. The van der Waals surface area contributed by atoms with Crippen LogP contribution in [0.1, 0.15) is 36.1 Å². The molecular formula is C17H23NOS. The molecule has 108 valence electrons. The molecule has 0 radical (unpaired) electrons. The van der Waals surface area contributed by atoms with Gasteiger partial charge in [0.1, 0.15) is 5.75 Å². The van der Waals surface area contributed by atoms with E-state index >= 15 is 0 Å². The van der Waals surface area contributed by atoms with Gasteiger partial charge in [-0.05, 0) is 60.3 Å². The van der Waals surface area contributed by atoms with Crippen LogP contribution >= 0.6 is 11.3 Å². The predicted molar refractivity (Wildman–Crippen MR) is 86.8 cm³/mol. The summed E-state index contributed by atoms with van der Waals surface area (Å²) in [5.74, 6) is 0.981. The van der Waals surface area contributed by atoms with Crippen molar-refractivity contribution in [1.82, 2.24) is 5.32 Å². The fraction of sp³-hybridized carbons (Fsp3) is 0.412. The van der Waals surface area contributed by atoms with Gasteiger partial charge < -0.3 is 10.1 Å². The average molecular weight is 289 g/mol. The number of benzene rings is 1. The first-order chi connectivity index (χ1) is 9.74. The minimum atomic E-state index is 0.358. The summed E-state index contributed by atoms with van der Waals surface area (Å²) in [5.41, 5.74) is 3.92. The molecule has 0 amide bonds. The molecule has 1 aromatic heterocycles. The van der Waals surface area contributed by atoms with E-state index in [4.69, 9.17) is 4.74 Å². The zero-order valence-corrected chi connectivity index (χ0v) is 13.3. The van der Waals surface area contributed by atoms with Gasteiger partial charge in [0, 0.05) is 6.04 Å². The first-order valence-corrected chi connectivity index (χ1v) is 8.08. The number of aryl methyl sites for hydroxylation is 1. The molecule has 1 heterocycles. The molecule has 3 heteroatoms. The summed E-state index contributed by atoms with van der Waals surface area (Å²) < 4.78 is 5.50. The Morgan fingerprint density at radius 1 is 1.30 bits per heavy atom. The Labute approximate surface area is 125 Å². The van der Waals surface area contributed by atoms with E-state index in [2.05, 4.69) is 54.2 Å². The van der Waals surface area contributed by atoms with Gasteiger partial charge in [-0.2, -0.15) is 11.3 Å². The molecule has 0 fully saturated rings. The lowest BCUT2D eigenvalue weighted by Gasteiger charge is -2.19. The number of methoxy groups -OCH3 is 1. The second-order valence-corrected chi connectivity index (χ2v) is 5.86. The highest BCUT2D eigenvalue weighted by Crippen LogP contribution is 2.27. The van der Waals surface area contributed by atoms with Crippen molar-refractivity contribution in [2.45, 2.75) is 32.7 Å². The van der Waals surface area contributed by atoms with Gasteiger partial charge in [0.2, 0.25) is 0 Å². The molecule has 2 nitrogen and oxygen atoms in total. The van der Waals surface area contributed by atoms with E-state index in [1.54, 1.807) is 18.4 Å². The topological polar surface area (TPSA) is 21.3 Å². The van der Waals surface area contributed by atoms with Gasteiger partial charge in [0.25, 0.3) is 0 Å².